The summed E-state index contributed by atoms with van der Waals surface area (Å²) in [5.74, 6) is 0. The Balaban J connectivity index is 1.96. The lowest BCUT2D eigenvalue weighted by Crippen LogP contribution is -2.18. The molecule has 0 N–H and O–H groups in total. The maximum atomic E-state index is 5.82. The van der Waals surface area contributed by atoms with Crippen LogP contribution in [0.2, 0.25) is 0 Å². The van der Waals surface area contributed by atoms with Crippen LogP contribution in [0.5, 0.6) is 0 Å². The summed E-state index contributed by atoms with van der Waals surface area (Å²) < 4.78 is 13.8. The third-order valence-corrected chi connectivity index (χ3v) is 4.45. The average Bonchev–Trinajstić information content (AvgIpc) is 2.51. The lowest BCUT2D eigenvalue weighted by atomic mass is 10.3. The van der Waals surface area contributed by atoms with Crippen molar-refractivity contribution in [3.05, 3.63) is 60.7 Å². The molecule has 4 heteroatoms. The molecule has 3 nitrogen and oxygen atoms in total. The Morgan fingerprint density at radius 3 is 1.68 bits per heavy atom. The maximum absolute atomic E-state index is 5.82. The molecular weight excluding hydrogens is 257 g/mol. The molecule has 0 atom stereocenters. The molecule has 1 saturated heterocycles. The summed E-state index contributed by atoms with van der Waals surface area (Å²) >= 11 is 0. The van der Waals surface area contributed by atoms with Crippen LogP contribution in [0.1, 0.15) is 6.42 Å². The average molecular weight is 273 g/mol. The van der Waals surface area contributed by atoms with Gasteiger partial charge in [-0.1, -0.05) is 36.4 Å². The highest BCUT2D eigenvalue weighted by atomic mass is 31.2. The Bertz CT molecular complexity index is 461. The summed E-state index contributed by atoms with van der Waals surface area (Å²) in [6.07, 6.45) is 0.969. The number of para-hydroxylation sites is 2. The molecule has 0 amide bonds. The minimum Gasteiger partial charge on any atom is -0.317 e. The molecule has 19 heavy (non-hydrogen) atoms. The van der Waals surface area contributed by atoms with Crippen molar-refractivity contribution in [3.63, 3.8) is 0 Å². The van der Waals surface area contributed by atoms with Gasteiger partial charge in [0, 0.05) is 11.4 Å². The van der Waals surface area contributed by atoms with Crippen molar-refractivity contribution in [2.45, 2.75) is 6.42 Å². The molecule has 2 aromatic carbocycles. The highest BCUT2D eigenvalue weighted by Crippen LogP contribution is 2.52. The van der Waals surface area contributed by atoms with Crippen LogP contribution in [-0.2, 0) is 9.05 Å². The molecule has 0 aliphatic carbocycles. The molecular formula is C15H16NO2P. The smallest absolute Gasteiger partial charge is 0.294 e. The van der Waals surface area contributed by atoms with Crippen molar-refractivity contribution < 1.29 is 9.05 Å². The number of anilines is 2. The molecule has 2 aromatic rings. The van der Waals surface area contributed by atoms with Crippen molar-refractivity contribution in [3.8, 4) is 0 Å². The molecule has 0 saturated carbocycles. The zero-order chi connectivity index (χ0) is 12.9. The summed E-state index contributed by atoms with van der Waals surface area (Å²) in [6, 6.07) is 20.5. The lowest BCUT2D eigenvalue weighted by molar-refractivity contribution is 0.182. The second-order valence-corrected chi connectivity index (χ2v) is 5.63. The van der Waals surface area contributed by atoms with Crippen LogP contribution in [0, 0.1) is 0 Å². The minimum absolute atomic E-state index is 0.766. The number of hydrogen-bond donors (Lipinski definition) is 0. The van der Waals surface area contributed by atoms with E-state index >= 15 is 0 Å². The monoisotopic (exact) mass is 273 g/mol. The van der Waals surface area contributed by atoms with Crippen LogP contribution in [0.25, 0.3) is 0 Å². The van der Waals surface area contributed by atoms with Gasteiger partial charge in [-0.2, -0.15) is 0 Å². The summed E-state index contributed by atoms with van der Waals surface area (Å²) in [7, 11) is -1.05. The fourth-order valence-corrected chi connectivity index (χ4v) is 3.49. The van der Waals surface area contributed by atoms with E-state index in [0.717, 1.165) is 31.0 Å². The van der Waals surface area contributed by atoms with E-state index in [1.165, 1.54) is 0 Å². The Hall–Kier alpha value is -1.41. The molecule has 1 aliphatic rings. The first kappa shape index (κ1) is 12.6. The van der Waals surface area contributed by atoms with E-state index in [2.05, 4.69) is 28.9 Å². The second kappa shape index (κ2) is 6.16. The fourth-order valence-electron chi connectivity index (χ4n) is 1.97. The van der Waals surface area contributed by atoms with Crippen molar-refractivity contribution >= 4 is 19.9 Å². The van der Waals surface area contributed by atoms with Crippen molar-refractivity contribution in [2.75, 3.05) is 17.9 Å². The molecule has 0 unspecified atom stereocenters. The van der Waals surface area contributed by atoms with E-state index in [-0.39, 0.29) is 0 Å². The number of rotatable bonds is 3. The summed E-state index contributed by atoms with van der Waals surface area (Å²) in [4.78, 5) is 0. The predicted octanol–water partition coefficient (Wildman–Crippen LogP) is 4.49. The van der Waals surface area contributed by atoms with Gasteiger partial charge in [0.25, 0.3) is 8.53 Å². The van der Waals surface area contributed by atoms with Gasteiger partial charge >= 0.3 is 0 Å². The van der Waals surface area contributed by atoms with Crippen LogP contribution in [0.15, 0.2) is 60.7 Å². The van der Waals surface area contributed by atoms with Gasteiger partial charge in [0.05, 0.1) is 13.2 Å². The van der Waals surface area contributed by atoms with E-state index < -0.39 is 8.53 Å². The van der Waals surface area contributed by atoms with Crippen LogP contribution in [-0.4, -0.2) is 13.2 Å². The molecule has 0 bridgehead atoms. The molecule has 1 heterocycles. The Kier molecular flexibility index (Phi) is 4.09. The molecule has 98 valence electrons. The minimum atomic E-state index is -1.05. The Morgan fingerprint density at radius 1 is 0.737 bits per heavy atom. The SMILES string of the molecule is c1ccc(N(c2ccccc2)P2OCCCO2)cc1. The highest BCUT2D eigenvalue weighted by Gasteiger charge is 2.26. The van der Waals surface area contributed by atoms with Gasteiger partial charge in [0.2, 0.25) is 0 Å². The molecule has 3 rings (SSSR count). The summed E-state index contributed by atoms with van der Waals surface area (Å²) in [5.41, 5.74) is 2.20. The van der Waals surface area contributed by atoms with Gasteiger partial charge in [-0.3, -0.25) is 4.67 Å². The first-order valence-electron chi connectivity index (χ1n) is 6.41. The Morgan fingerprint density at radius 2 is 1.21 bits per heavy atom. The van der Waals surface area contributed by atoms with Gasteiger partial charge in [0.15, 0.2) is 0 Å². The lowest BCUT2D eigenvalue weighted by Gasteiger charge is -2.33. The molecule has 0 aromatic heterocycles. The maximum Gasteiger partial charge on any atom is 0.294 e. The largest absolute Gasteiger partial charge is 0.317 e. The summed E-state index contributed by atoms with van der Waals surface area (Å²) in [6.45, 7) is 1.53. The highest BCUT2D eigenvalue weighted by molar-refractivity contribution is 7.49. The number of hydrogen-bond acceptors (Lipinski definition) is 3. The molecule has 0 radical (unpaired) electrons. The number of nitrogens with zero attached hydrogens (tertiary/aromatic N) is 1. The van der Waals surface area contributed by atoms with Crippen molar-refractivity contribution in [1.29, 1.82) is 0 Å². The van der Waals surface area contributed by atoms with E-state index in [1.54, 1.807) is 0 Å². The van der Waals surface area contributed by atoms with Crippen molar-refractivity contribution in [1.82, 2.24) is 0 Å². The summed E-state index contributed by atoms with van der Waals surface area (Å²) in [5, 5.41) is 0. The topological polar surface area (TPSA) is 21.7 Å². The van der Waals surface area contributed by atoms with Crippen LogP contribution >= 0.6 is 8.53 Å². The van der Waals surface area contributed by atoms with Gasteiger partial charge in [-0.25, -0.2) is 0 Å². The first-order valence-corrected chi connectivity index (χ1v) is 7.54. The van der Waals surface area contributed by atoms with Crippen LogP contribution < -0.4 is 4.67 Å². The van der Waals surface area contributed by atoms with E-state index in [9.17, 15) is 0 Å². The third kappa shape index (κ3) is 2.95. The molecule has 1 fully saturated rings. The van der Waals surface area contributed by atoms with E-state index in [4.69, 9.17) is 9.05 Å². The fraction of sp³-hybridized carbons (Fsp3) is 0.200. The van der Waals surface area contributed by atoms with Crippen molar-refractivity contribution in [2.24, 2.45) is 0 Å². The molecule has 0 spiro atoms. The third-order valence-electron chi connectivity index (χ3n) is 2.86. The Labute approximate surface area is 114 Å². The second-order valence-electron chi connectivity index (χ2n) is 4.24. The van der Waals surface area contributed by atoms with Crippen LogP contribution in [0.4, 0.5) is 11.4 Å². The standard InChI is InChI=1S/C15H16NO2P/c1-3-8-14(9-4-1)16(15-10-5-2-6-11-15)19-17-12-7-13-18-19/h1-6,8-11H,7,12-13H2. The quantitative estimate of drug-likeness (QED) is 0.769. The van der Waals surface area contributed by atoms with Crippen LogP contribution in [0.3, 0.4) is 0 Å². The van der Waals surface area contributed by atoms with Gasteiger partial charge in [-0.05, 0) is 30.7 Å². The normalized spacial score (nSPS) is 16.2. The van der Waals surface area contributed by atoms with Gasteiger partial charge in [0.1, 0.15) is 0 Å². The first-order chi connectivity index (χ1) is 9.45. The zero-order valence-corrected chi connectivity index (χ0v) is 11.5. The van der Waals surface area contributed by atoms with Gasteiger partial charge < -0.3 is 9.05 Å². The van der Waals surface area contributed by atoms with E-state index in [1.807, 2.05) is 36.4 Å². The molecule has 1 aliphatic heterocycles. The zero-order valence-electron chi connectivity index (χ0n) is 10.6. The predicted molar refractivity (Wildman–Crippen MR) is 78.5 cm³/mol. The van der Waals surface area contributed by atoms with E-state index in [0.29, 0.717) is 0 Å². The number of benzene rings is 2. The van der Waals surface area contributed by atoms with Gasteiger partial charge in [-0.15, -0.1) is 0 Å².